The monoisotopic (exact) mass is 306 g/mol. The van der Waals surface area contributed by atoms with Gasteiger partial charge in [0.1, 0.15) is 0 Å². The Morgan fingerprint density at radius 1 is 1.43 bits per heavy atom. The van der Waals surface area contributed by atoms with E-state index in [0.717, 1.165) is 0 Å². The van der Waals surface area contributed by atoms with E-state index in [4.69, 9.17) is 16.3 Å². The highest BCUT2D eigenvalue weighted by Crippen LogP contribution is 2.19. The number of hydrogen-bond acceptors (Lipinski definition) is 4. The molecule has 1 atom stereocenters. The van der Waals surface area contributed by atoms with E-state index in [0.29, 0.717) is 22.0 Å². The van der Waals surface area contributed by atoms with Gasteiger partial charge in [-0.3, -0.25) is 4.79 Å². The van der Waals surface area contributed by atoms with Gasteiger partial charge in [-0.15, -0.1) is 0 Å². The van der Waals surface area contributed by atoms with Crippen molar-refractivity contribution in [2.24, 2.45) is 0 Å². The zero-order valence-electron chi connectivity index (χ0n) is 11.4. The molecule has 1 aromatic heterocycles. The number of amides is 1. The molecule has 2 N–H and O–H groups in total. The van der Waals surface area contributed by atoms with Crippen LogP contribution in [0.5, 0.6) is 5.88 Å². The summed E-state index contributed by atoms with van der Waals surface area (Å²) in [5.41, 5.74) is 1.20. The van der Waals surface area contributed by atoms with E-state index in [9.17, 15) is 9.90 Å². The molecule has 6 heteroatoms. The standard InChI is InChI=1S/C15H15ClN2O3/c1-21-13-7-11(12(16)9-17-13)8-18-15(20)14(19)10-5-3-2-4-6-10/h2-7,9,14,19H,8H2,1H3,(H,18,20). The van der Waals surface area contributed by atoms with Crippen LogP contribution >= 0.6 is 11.6 Å². The third-order valence-electron chi connectivity index (χ3n) is 2.94. The fourth-order valence-electron chi connectivity index (χ4n) is 1.77. The molecule has 1 aromatic carbocycles. The van der Waals surface area contributed by atoms with Crippen LogP contribution in [0.4, 0.5) is 0 Å². The van der Waals surface area contributed by atoms with Crippen molar-refractivity contribution >= 4 is 17.5 Å². The van der Waals surface area contributed by atoms with Gasteiger partial charge in [0.15, 0.2) is 6.10 Å². The summed E-state index contributed by atoms with van der Waals surface area (Å²) in [6.07, 6.45) is 0.240. The first-order valence-electron chi connectivity index (χ1n) is 6.31. The molecule has 0 fully saturated rings. The number of rotatable bonds is 5. The molecule has 2 rings (SSSR count). The van der Waals surface area contributed by atoms with Gasteiger partial charge in [-0.1, -0.05) is 41.9 Å². The van der Waals surface area contributed by atoms with Gasteiger partial charge in [-0.2, -0.15) is 0 Å². The minimum atomic E-state index is -1.21. The molecule has 1 heterocycles. The second-order valence-electron chi connectivity index (χ2n) is 4.35. The van der Waals surface area contributed by atoms with Crippen molar-refractivity contribution in [2.75, 3.05) is 7.11 Å². The van der Waals surface area contributed by atoms with Crippen LogP contribution in [0.1, 0.15) is 17.2 Å². The van der Waals surface area contributed by atoms with Crippen molar-refractivity contribution in [1.82, 2.24) is 10.3 Å². The number of aromatic nitrogens is 1. The van der Waals surface area contributed by atoms with Crippen LogP contribution in [0.25, 0.3) is 0 Å². The predicted octanol–water partition coefficient (Wildman–Crippen LogP) is 2.09. The number of nitrogens with zero attached hydrogens (tertiary/aromatic N) is 1. The van der Waals surface area contributed by atoms with E-state index in [1.807, 2.05) is 6.07 Å². The lowest BCUT2D eigenvalue weighted by Gasteiger charge is -2.12. The van der Waals surface area contributed by atoms with Crippen LogP contribution in [-0.2, 0) is 11.3 Å². The lowest BCUT2D eigenvalue weighted by Crippen LogP contribution is -2.28. The number of ether oxygens (including phenoxy) is 1. The summed E-state index contributed by atoms with van der Waals surface area (Å²) in [6.45, 7) is 0.181. The summed E-state index contributed by atoms with van der Waals surface area (Å²) in [5, 5.41) is 13.0. The zero-order valence-corrected chi connectivity index (χ0v) is 12.2. The predicted molar refractivity (Wildman–Crippen MR) is 79.0 cm³/mol. The van der Waals surface area contributed by atoms with Crippen molar-refractivity contribution in [3.8, 4) is 5.88 Å². The molecular weight excluding hydrogens is 292 g/mol. The van der Waals surface area contributed by atoms with Gasteiger partial charge in [0.2, 0.25) is 5.88 Å². The highest BCUT2D eigenvalue weighted by Gasteiger charge is 2.17. The van der Waals surface area contributed by atoms with Crippen molar-refractivity contribution in [3.05, 3.63) is 58.7 Å². The van der Waals surface area contributed by atoms with Gasteiger partial charge in [0.25, 0.3) is 5.91 Å². The number of carbonyl (C=O) groups is 1. The van der Waals surface area contributed by atoms with Gasteiger partial charge in [0, 0.05) is 18.8 Å². The van der Waals surface area contributed by atoms with E-state index in [-0.39, 0.29) is 6.54 Å². The molecule has 1 unspecified atom stereocenters. The number of carbonyl (C=O) groups excluding carboxylic acids is 1. The Morgan fingerprint density at radius 3 is 2.81 bits per heavy atom. The van der Waals surface area contributed by atoms with Gasteiger partial charge in [-0.05, 0) is 11.1 Å². The number of hydrogen-bond donors (Lipinski definition) is 2. The maximum Gasteiger partial charge on any atom is 0.253 e. The number of benzene rings is 1. The molecule has 0 saturated carbocycles. The smallest absolute Gasteiger partial charge is 0.253 e. The summed E-state index contributed by atoms with van der Waals surface area (Å²) < 4.78 is 5.00. The topological polar surface area (TPSA) is 71.5 Å². The highest BCUT2D eigenvalue weighted by molar-refractivity contribution is 6.31. The molecule has 0 aliphatic carbocycles. The van der Waals surface area contributed by atoms with Crippen LogP contribution in [0.3, 0.4) is 0 Å². The summed E-state index contributed by atoms with van der Waals surface area (Å²) in [7, 11) is 1.50. The van der Waals surface area contributed by atoms with Crippen molar-refractivity contribution in [1.29, 1.82) is 0 Å². The Hall–Kier alpha value is -2.11. The minimum absolute atomic E-state index is 0.181. The normalized spacial score (nSPS) is 11.8. The Bertz CT molecular complexity index is 620. The number of aliphatic hydroxyl groups is 1. The minimum Gasteiger partial charge on any atom is -0.481 e. The fraction of sp³-hybridized carbons (Fsp3) is 0.200. The maximum absolute atomic E-state index is 11.9. The van der Waals surface area contributed by atoms with Crippen molar-refractivity contribution in [3.63, 3.8) is 0 Å². The van der Waals surface area contributed by atoms with Gasteiger partial charge in [-0.25, -0.2) is 4.98 Å². The second-order valence-corrected chi connectivity index (χ2v) is 4.76. The first-order valence-corrected chi connectivity index (χ1v) is 6.68. The summed E-state index contributed by atoms with van der Waals surface area (Å²) in [4.78, 5) is 15.9. The molecule has 0 radical (unpaired) electrons. The molecular formula is C15H15ClN2O3. The Labute approximate surface area is 127 Å². The number of nitrogens with one attached hydrogen (secondary N) is 1. The number of halogens is 1. The molecule has 110 valence electrons. The van der Waals surface area contributed by atoms with E-state index < -0.39 is 12.0 Å². The third-order valence-corrected chi connectivity index (χ3v) is 3.28. The average Bonchev–Trinajstić information content (AvgIpc) is 2.54. The lowest BCUT2D eigenvalue weighted by atomic mass is 10.1. The molecule has 0 aliphatic rings. The van der Waals surface area contributed by atoms with E-state index in [1.165, 1.54) is 13.3 Å². The van der Waals surface area contributed by atoms with Crippen LogP contribution < -0.4 is 10.1 Å². The van der Waals surface area contributed by atoms with Gasteiger partial charge >= 0.3 is 0 Å². The van der Waals surface area contributed by atoms with Crippen molar-refractivity contribution < 1.29 is 14.6 Å². The van der Waals surface area contributed by atoms with Gasteiger partial charge < -0.3 is 15.2 Å². The first-order chi connectivity index (χ1) is 10.1. The Balaban J connectivity index is 2.01. The summed E-state index contributed by atoms with van der Waals surface area (Å²) >= 11 is 6.00. The van der Waals surface area contributed by atoms with Gasteiger partial charge in [0.05, 0.1) is 12.1 Å². The summed E-state index contributed by atoms with van der Waals surface area (Å²) in [6, 6.07) is 10.3. The van der Waals surface area contributed by atoms with Crippen LogP contribution in [0.15, 0.2) is 42.6 Å². The Kier molecular flexibility index (Phi) is 5.14. The van der Waals surface area contributed by atoms with Crippen LogP contribution in [-0.4, -0.2) is 23.1 Å². The number of methoxy groups -OCH3 is 1. The summed E-state index contributed by atoms with van der Waals surface area (Å²) in [5.74, 6) is -0.0831. The first kappa shape index (κ1) is 15.3. The van der Waals surface area contributed by atoms with Crippen LogP contribution in [0, 0.1) is 0 Å². The lowest BCUT2D eigenvalue weighted by molar-refractivity contribution is -0.129. The number of aliphatic hydroxyl groups excluding tert-OH is 1. The molecule has 1 amide bonds. The zero-order chi connectivity index (χ0) is 15.2. The largest absolute Gasteiger partial charge is 0.481 e. The van der Waals surface area contributed by atoms with E-state index in [1.54, 1.807) is 30.3 Å². The average molecular weight is 307 g/mol. The molecule has 5 nitrogen and oxygen atoms in total. The molecule has 2 aromatic rings. The maximum atomic E-state index is 11.9. The van der Waals surface area contributed by atoms with Crippen molar-refractivity contribution in [2.45, 2.75) is 12.6 Å². The molecule has 0 spiro atoms. The molecule has 21 heavy (non-hydrogen) atoms. The third kappa shape index (κ3) is 3.93. The van der Waals surface area contributed by atoms with E-state index >= 15 is 0 Å². The molecule has 0 aliphatic heterocycles. The van der Waals surface area contributed by atoms with E-state index in [2.05, 4.69) is 10.3 Å². The quantitative estimate of drug-likeness (QED) is 0.887. The fourth-order valence-corrected chi connectivity index (χ4v) is 1.94. The highest BCUT2D eigenvalue weighted by atomic mass is 35.5. The molecule has 0 saturated heterocycles. The molecule has 0 bridgehead atoms. The Morgan fingerprint density at radius 2 is 2.14 bits per heavy atom. The SMILES string of the molecule is COc1cc(CNC(=O)C(O)c2ccccc2)c(Cl)cn1. The number of pyridine rings is 1. The van der Waals surface area contributed by atoms with Crippen LogP contribution in [0.2, 0.25) is 5.02 Å². The second kappa shape index (κ2) is 7.06.